The largest absolute Gasteiger partial charge is 0.459 e. The van der Waals surface area contributed by atoms with Gasteiger partial charge in [0.15, 0.2) is 5.76 Å². The monoisotopic (exact) mass is 369 g/mol. The van der Waals surface area contributed by atoms with E-state index in [0.717, 1.165) is 10.4 Å². The van der Waals surface area contributed by atoms with E-state index in [1.54, 1.807) is 6.07 Å². The summed E-state index contributed by atoms with van der Waals surface area (Å²) in [6.07, 6.45) is 1.34. The van der Waals surface area contributed by atoms with Crippen molar-refractivity contribution in [3.05, 3.63) is 54.5 Å². The molecule has 2 aromatic heterocycles. The molecular formula is C16H15N7O4. The second-order valence-electron chi connectivity index (χ2n) is 5.27. The Kier molecular flexibility index (Phi) is 5.52. The molecule has 0 radical (unpaired) electrons. The maximum atomic E-state index is 11.8. The van der Waals surface area contributed by atoms with Crippen molar-refractivity contribution in [2.75, 3.05) is 6.54 Å². The molecule has 0 spiro atoms. The molecule has 0 unspecified atom stereocenters. The van der Waals surface area contributed by atoms with E-state index in [9.17, 15) is 14.4 Å². The summed E-state index contributed by atoms with van der Waals surface area (Å²) in [6, 6.07) is 12.2. The maximum Gasteiger partial charge on any atom is 0.287 e. The SMILES string of the molecule is O=C(CNC(=O)c1ccco1)NNC(=O)Cn1nnc(-c2ccccc2)n1. The molecule has 27 heavy (non-hydrogen) atoms. The lowest BCUT2D eigenvalue weighted by Gasteiger charge is -2.07. The van der Waals surface area contributed by atoms with Gasteiger partial charge in [-0.2, -0.15) is 4.80 Å². The van der Waals surface area contributed by atoms with E-state index in [1.807, 2.05) is 30.3 Å². The molecule has 138 valence electrons. The minimum atomic E-state index is -0.611. The quantitative estimate of drug-likeness (QED) is 0.497. The van der Waals surface area contributed by atoms with Gasteiger partial charge in [-0.1, -0.05) is 30.3 Å². The number of nitrogens with zero attached hydrogens (tertiary/aromatic N) is 4. The summed E-state index contributed by atoms with van der Waals surface area (Å²) in [6.45, 7) is -0.571. The molecule has 0 saturated heterocycles. The summed E-state index contributed by atoms with van der Waals surface area (Å²) in [4.78, 5) is 36.2. The van der Waals surface area contributed by atoms with Crippen molar-refractivity contribution < 1.29 is 18.8 Å². The van der Waals surface area contributed by atoms with Crippen LogP contribution in [0, 0.1) is 0 Å². The Morgan fingerprint density at radius 2 is 1.78 bits per heavy atom. The molecule has 11 heteroatoms. The normalized spacial score (nSPS) is 10.2. The first-order chi connectivity index (χ1) is 13.1. The van der Waals surface area contributed by atoms with Gasteiger partial charge in [-0.05, 0) is 17.3 Å². The lowest BCUT2D eigenvalue weighted by Crippen LogP contribution is -2.47. The van der Waals surface area contributed by atoms with Crippen LogP contribution in [0.25, 0.3) is 11.4 Å². The van der Waals surface area contributed by atoms with E-state index in [1.165, 1.54) is 12.3 Å². The fourth-order valence-electron chi connectivity index (χ4n) is 2.02. The Balaban J connectivity index is 1.41. The molecule has 3 rings (SSSR count). The van der Waals surface area contributed by atoms with Gasteiger partial charge in [0.25, 0.3) is 17.7 Å². The van der Waals surface area contributed by atoms with Crippen LogP contribution >= 0.6 is 0 Å². The Hall–Kier alpha value is -4.02. The number of aromatic nitrogens is 4. The number of hydrazine groups is 1. The smallest absolute Gasteiger partial charge is 0.287 e. The lowest BCUT2D eigenvalue weighted by atomic mass is 10.2. The summed E-state index contributed by atoms with van der Waals surface area (Å²) in [7, 11) is 0. The van der Waals surface area contributed by atoms with E-state index in [4.69, 9.17) is 4.42 Å². The first-order valence-corrected chi connectivity index (χ1v) is 7.84. The Bertz CT molecular complexity index is 921. The number of furan rings is 1. The van der Waals surface area contributed by atoms with Crippen LogP contribution in [0.2, 0.25) is 0 Å². The molecule has 1 aromatic carbocycles. The molecule has 3 N–H and O–H groups in total. The van der Waals surface area contributed by atoms with Gasteiger partial charge in [0.2, 0.25) is 5.82 Å². The lowest BCUT2D eigenvalue weighted by molar-refractivity contribution is -0.129. The van der Waals surface area contributed by atoms with Gasteiger partial charge in [0, 0.05) is 5.56 Å². The van der Waals surface area contributed by atoms with Gasteiger partial charge in [0.1, 0.15) is 6.54 Å². The van der Waals surface area contributed by atoms with Crippen LogP contribution < -0.4 is 16.2 Å². The van der Waals surface area contributed by atoms with Crippen LogP contribution in [0.5, 0.6) is 0 Å². The zero-order valence-electron chi connectivity index (χ0n) is 14.0. The van der Waals surface area contributed by atoms with Gasteiger partial charge in [0.05, 0.1) is 12.8 Å². The van der Waals surface area contributed by atoms with Gasteiger partial charge < -0.3 is 9.73 Å². The zero-order valence-corrected chi connectivity index (χ0v) is 14.0. The average Bonchev–Trinajstić information content (AvgIpc) is 3.37. The molecule has 0 bridgehead atoms. The summed E-state index contributed by atoms with van der Waals surface area (Å²) in [5, 5.41) is 14.1. The highest BCUT2D eigenvalue weighted by atomic mass is 16.3. The molecule has 0 aliphatic carbocycles. The number of carbonyl (C=O) groups excluding carboxylic acids is 3. The van der Waals surface area contributed by atoms with E-state index < -0.39 is 17.7 Å². The van der Waals surface area contributed by atoms with E-state index >= 15 is 0 Å². The predicted molar refractivity (Wildman–Crippen MR) is 90.6 cm³/mol. The highest BCUT2D eigenvalue weighted by Crippen LogP contribution is 2.11. The van der Waals surface area contributed by atoms with Crippen molar-refractivity contribution >= 4 is 17.7 Å². The van der Waals surface area contributed by atoms with Crippen molar-refractivity contribution in [1.29, 1.82) is 0 Å². The van der Waals surface area contributed by atoms with E-state index in [2.05, 4.69) is 31.6 Å². The Morgan fingerprint density at radius 3 is 2.52 bits per heavy atom. The van der Waals surface area contributed by atoms with Crippen molar-refractivity contribution in [2.45, 2.75) is 6.54 Å². The molecule has 3 aromatic rings. The zero-order chi connectivity index (χ0) is 19.1. The molecule has 0 atom stereocenters. The molecule has 2 heterocycles. The maximum absolute atomic E-state index is 11.8. The van der Waals surface area contributed by atoms with Crippen molar-refractivity contribution in [3.63, 3.8) is 0 Å². The van der Waals surface area contributed by atoms with Crippen molar-refractivity contribution in [2.24, 2.45) is 0 Å². The van der Waals surface area contributed by atoms with Gasteiger partial charge in [-0.15, -0.1) is 10.2 Å². The van der Waals surface area contributed by atoms with Crippen LogP contribution in [0.4, 0.5) is 0 Å². The van der Waals surface area contributed by atoms with Crippen molar-refractivity contribution in [3.8, 4) is 11.4 Å². The van der Waals surface area contributed by atoms with E-state index in [-0.39, 0.29) is 18.8 Å². The number of rotatable bonds is 6. The number of nitrogens with one attached hydrogen (secondary N) is 3. The average molecular weight is 369 g/mol. The number of tetrazole rings is 1. The van der Waals surface area contributed by atoms with Crippen LogP contribution in [0.1, 0.15) is 10.6 Å². The molecule has 0 aliphatic rings. The molecule has 0 aliphatic heterocycles. The first-order valence-electron chi connectivity index (χ1n) is 7.84. The summed E-state index contributed by atoms with van der Waals surface area (Å²) in [5.74, 6) is -1.24. The number of benzene rings is 1. The molecule has 11 nitrogen and oxygen atoms in total. The highest BCUT2D eigenvalue weighted by Gasteiger charge is 2.12. The first kappa shape index (κ1) is 17.8. The summed E-state index contributed by atoms with van der Waals surface area (Å²) < 4.78 is 4.89. The molecule has 3 amide bonds. The number of carbonyl (C=O) groups is 3. The summed E-state index contributed by atoms with van der Waals surface area (Å²) >= 11 is 0. The third kappa shape index (κ3) is 4.98. The third-order valence-electron chi connectivity index (χ3n) is 3.27. The minimum absolute atomic E-state index is 0.0818. The van der Waals surface area contributed by atoms with Crippen LogP contribution in [-0.2, 0) is 16.1 Å². The number of hydrogen-bond donors (Lipinski definition) is 3. The van der Waals surface area contributed by atoms with E-state index in [0.29, 0.717) is 5.82 Å². The van der Waals surface area contributed by atoms with Gasteiger partial charge >= 0.3 is 0 Å². The number of hydrogen-bond acceptors (Lipinski definition) is 7. The third-order valence-corrected chi connectivity index (χ3v) is 3.27. The Labute approximate surface area is 152 Å². The number of amides is 3. The molecular weight excluding hydrogens is 354 g/mol. The van der Waals surface area contributed by atoms with Gasteiger partial charge in [-0.3, -0.25) is 25.2 Å². The Morgan fingerprint density at radius 1 is 1.00 bits per heavy atom. The second kappa shape index (κ2) is 8.38. The van der Waals surface area contributed by atoms with Crippen LogP contribution in [0.3, 0.4) is 0 Å². The fraction of sp³-hybridized carbons (Fsp3) is 0.125. The predicted octanol–water partition coefficient (Wildman–Crippen LogP) is -0.489. The topological polar surface area (TPSA) is 144 Å². The van der Waals surface area contributed by atoms with Crippen molar-refractivity contribution in [1.82, 2.24) is 36.4 Å². The second-order valence-corrected chi connectivity index (χ2v) is 5.27. The molecule has 0 saturated carbocycles. The summed E-state index contributed by atoms with van der Waals surface area (Å²) in [5.41, 5.74) is 5.13. The minimum Gasteiger partial charge on any atom is -0.459 e. The van der Waals surface area contributed by atoms with Crippen LogP contribution in [0.15, 0.2) is 53.1 Å². The fourth-order valence-corrected chi connectivity index (χ4v) is 2.02. The highest BCUT2D eigenvalue weighted by molar-refractivity contribution is 5.94. The van der Waals surface area contributed by atoms with Gasteiger partial charge in [-0.25, -0.2) is 0 Å². The molecule has 0 fully saturated rings. The van der Waals surface area contributed by atoms with Crippen LogP contribution in [-0.4, -0.2) is 44.5 Å². The standard InChI is InChI=1S/C16H15N7O4/c24-13(9-17-16(26)12-7-4-8-27-12)18-19-14(25)10-23-21-15(20-22-23)11-5-2-1-3-6-11/h1-8H,9-10H2,(H,17,26)(H,18,24)(H,19,25).